The number of amides is 2. The Kier molecular flexibility index (Phi) is 4.11. The highest BCUT2D eigenvalue weighted by Gasteiger charge is 2.67. The van der Waals surface area contributed by atoms with Gasteiger partial charge in [-0.15, -0.1) is 0 Å². The molecule has 0 unspecified atom stereocenters. The summed E-state index contributed by atoms with van der Waals surface area (Å²) in [6.07, 6.45) is 5.39. The van der Waals surface area contributed by atoms with Crippen molar-refractivity contribution in [2.45, 2.75) is 6.42 Å². The van der Waals surface area contributed by atoms with Gasteiger partial charge >= 0.3 is 5.97 Å². The van der Waals surface area contributed by atoms with Crippen molar-refractivity contribution < 1.29 is 19.1 Å². The maximum Gasteiger partial charge on any atom is 0.343 e. The Balaban J connectivity index is 1.28. The van der Waals surface area contributed by atoms with Crippen LogP contribution in [0.15, 0.2) is 54.6 Å². The largest absolute Gasteiger partial charge is 0.421 e. The lowest BCUT2D eigenvalue weighted by Crippen LogP contribution is -2.40. The van der Waals surface area contributed by atoms with Crippen LogP contribution in [0.3, 0.4) is 0 Å². The van der Waals surface area contributed by atoms with Crippen LogP contribution in [0.25, 0.3) is 0 Å². The van der Waals surface area contributed by atoms with E-state index >= 15 is 0 Å². The molecule has 3 fully saturated rings. The Morgan fingerprint density at radius 2 is 1.61 bits per heavy atom. The second-order valence-corrected chi connectivity index (χ2v) is 9.52. The molecule has 0 N–H and O–H groups in total. The van der Waals surface area contributed by atoms with Gasteiger partial charge in [0.2, 0.25) is 11.8 Å². The first-order valence-corrected chi connectivity index (χ1v) is 11.0. The van der Waals surface area contributed by atoms with E-state index in [1.165, 1.54) is 23.1 Å². The van der Waals surface area contributed by atoms with Gasteiger partial charge in [-0.25, -0.2) is 9.69 Å². The number of allylic oxidation sites excluding steroid dienone is 2. The second-order valence-electron chi connectivity index (χ2n) is 8.68. The Hall–Kier alpha value is -2.63. The Morgan fingerprint density at radius 3 is 2.26 bits per heavy atom. The molecule has 0 spiro atoms. The molecule has 4 aliphatic carbocycles. The predicted molar refractivity (Wildman–Crippen MR) is 115 cm³/mol. The van der Waals surface area contributed by atoms with Gasteiger partial charge in [-0.1, -0.05) is 41.4 Å². The minimum absolute atomic E-state index is 0.154. The molecule has 7 heteroatoms. The molecule has 5 aliphatic rings. The van der Waals surface area contributed by atoms with E-state index in [-0.39, 0.29) is 51.8 Å². The lowest BCUT2D eigenvalue weighted by Gasteiger charge is -2.37. The number of hydrogen-bond acceptors (Lipinski definition) is 4. The molecule has 0 radical (unpaired) electrons. The Morgan fingerprint density at radius 1 is 0.935 bits per heavy atom. The lowest BCUT2D eigenvalue weighted by molar-refractivity contribution is -0.124. The summed E-state index contributed by atoms with van der Waals surface area (Å²) < 4.78 is 5.39. The zero-order valence-electron chi connectivity index (χ0n) is 16.2. The van der Waals surface area contributed by atoms with Crippen molar-refractivity contribution in [1.82, 2.24) is 0 Å². The first kappa shape index (κ1) is 19.1. The molecule has 2 aromatic rings. The summed E-state index contributed by atoms with van der Waals surface area (Å²) in [6, 6.07) is 11.0. The number of hydrogen-bond donors (Lipinski definition) is 0. The molecular weight excluding hydrogens is 437 g/mol. The number of carbonyl (C=O) groups excluding carboxylic acids is 3. The second kappa shape index (κ2) is 6.68. The molecule has 6 atom stereocenters. The van der Waals surface area contributed by atoms with Crippen molar-refractivity contribution in [1.29, 1.82) is 0 Å². The molecule has 0 aromatic heterocycles. The Labute approximate surface area is 188 Å². The van der Waals surface area contributed by atoms with Gasteiger partial charge in [-0.3, -0.25) is 9.59 Å². The molecule has 7 rings (SSSR count). The third-order valence-corrected chi connectivity index (χ3v) is 7.63. The fourth-order valence-corrected chi connectivity index (χ4v) is 6.15. The zero-order chi connectivity index (χ0) is 21.4. The molecular formula is C24H17Cl2NO4. The summed E-state index contributed by atoms with van der Waals surface area (Å²) >= 11 is 12.0. The van der Waals surface area contributed by atoms with Crippen LogP contribution in [0.2, 0.25) is 10.0 Å². The van der Waals surface area contributed by atoms with Crippen LogP contribution in [-0.4, -0.2) is 17.8 Å². The number of nitrogens with zero attached hydrogens (tertiary/aromatic N) is 1. The van der Waals surface area contributed by atoms with Crippen LogP contribution in [0.4, 0.5) is 5.69 Å². The first-order valence-electron chi connectivity index (χ1n) is 10.3. The summed E-state index contributed by atoms with van der Waals surface area (Å²) in [6.45, 7) is 0. The van der Waals surface area contributed by atoms with E-state index in [1.54, 1.807) is 24.3 Å². The average Bonchev–Trinajstić information content (AvgIpc) is 3.53. The van der Waals surface area contributed by atoms with E-state index < -0.39 is 5.97 Å². The highest BCUT2D eigenvalue weighted by Crippen LogP contribution is 2.65. The van der Waals surface area contributed by atoms with E-state index in [0.717, 1.165) is 6.42 Å². The minimum atomic E-state index is -0.634. The van der Waals surface area contributed by atoms with Gasteiger partial charge < -0.3 is 4.74 Å². The number of anilines is 1. The van der Waals surface area contributed by atoms with Gasteiger partial charge in [0.05, 0.1) is 28.1 Å². The minimum Gasteiger partial charge on any atom is -0.421 e. The van der Waals surface area contributed by atoms with Crippen LogP contribution in [0.5, 0.6) is 5.75 Å². The summed E-state index contributed by atoms with van der Waals surface area (Å²) in [5.74, 6) is 0.0507. The number of halogens is 2. The molecule has 1 saturated heterocycles. The van der Waals surface area contributed by atoms with Crippen LogP contribution >= 0.6 is 23.2 Å². The molecule has 5 nitrogen and oxygen atoms in total. The van der Waals surface area contributed by atoms with Crippen LogP contribution < -0.4 is 9.64 Å². The maximum atomic E-state index is 13.3. The molecule has 2 aromatic carbocycles. The number of ether oxygens (including phenoxy) is 1. The third-order valence-electron chi connectivity index (χ3n) is 7.10. The monoisotopic (exact) mass is 453 g/mol. The summed E-state index contributed by atoms with van der Waals surface area (Å²) in [5, 5.41) is 0.646. The van der Waals surface area contributed by atoms with Crippen molar-refractivity contribution >= 4 is 46.7 Å². The standard InChI is InChI=1S/C24H17Cl2NO4/c25-12-4-7-19(18(26)9-12)31-24(30)11-2-1-3-13(8-11)27-22(28)20-14-5-6-15(17-10-16(14)17)21(20)23(27)29/h1-9,14-17,20-21H,10H2/t14-,15-,16-,17+,20+,21+/m0/s1. The van der Waals surface area contributed by atoms with Gasteiger partial charge in [0.1, 0.15) is 5.75 Å². The normalized spacial score (nSPS) is 32.1. The fourth-order valence-electron chi connectivity index (χ4n) is 5.70. The van der Waals surface area contributed by atoms with Crippen molar-refractivity contribution in [2.75, 3.05) is 4.90 Å². The molecule has 2 bridgehead atoms. The number of carbonyl (C=O) groups is 3. The Bertz CT molecular complexity index is 1160. The molecule has 2 saturated carbocycles. The predicted octanol–water partition coefficient (Wildman–Crippen LogP) is 4.77. The fraction of sp³-hybridized carbons (Fsp3) is 0.292. The van der Waals surface area contributed by atoms with E-state index in [0.29, 0.717) is 22.5 Å². The van der Waals surface area contributed by atoms with Crippen molar-refractivity contribution in [2.24, 2.45) is 35.5 Å². The number of imide groups is 1. The molecule has 156 valence electrons. The summed E-state index contributed by atoms with van der Waals surface area (Å²) in [4.78, 5) is 40.5. The van der Waals surface area contributed by atoms with Gasteiger partial charge in [-0.05, 0) is 66.5 Å². The van der Waals surface area contributed by atoms with Crippen LogP contribution in [0.1, 0.15) is 16.8 Å². The van der Waals surface area contributed by atoms with Gasteiger partial charge in [0.25, 0.3) is 0 Å². The molecule has 1 heterocycles. The number of esters is 1. The topological polar surface area (TPSA) is 63.7 Å². The smallest absolute Gasteiger partial charge is 0.343 e. The molecule has 31 heavy (non-hydrogen) atoms. The van der Waals surface area contributed by atoms with Crippen molar-refractivity contribution in [3.8, 4) is 5.75 Å². The molecule has 1 aliphatic heterocycles. The number of benzene rings is 2. The van der Waals surface area contributed by atoms with Crippen LogP contribution in [0, 0.1) is 35.5 Å². The SMILES string of the molecule is O=C(Oc1ccc(Cl)cc1Cl)c1cccc(N2C(=O)[C@@H]3[C@H]4C=C[C@@H]([C@@H]5C[C@H]45)[C@H]3C2=O)c1. The third kappa shape index (κ3) is 2.80. The zero-order valence-corrected chi connectivity index (χ0v) is 17.7. The van der Waals surface area contributed by atoms with Crippen molar-refractivity contribution in [3.63, 3.8) is 0 Å². The van der Waals surface area contributed by atoms with Crippen molar-refractivity contribution in [3.05, 3.63) is 70.2 Å². The average molecular weight is 454 g/mol. The van der Waals surface area contributed by atoms with Gasteiger partial charge in [-0.2, -0.15) is 0 Å². The summed E-state index contributed by atoms with van der Waals surface area (Å²) in [7, 11) is 0. The van der Waals surface area contributed by atoms with Gasteiger partial charge in [0, 0.05) is 5.02 Å². The van der Waals surface area contributed by atoms with Gasteiger partial charge in [0.15, 0.2) is 0 Å². The first-order chi connectivity index (χ1) is 14.9. The molecule has 2 amide bonds. The van der Waals surface area contributed by atoms with E-state index in [1.807, 2.05) is 0 Å². The highest BCUT2D eigenvalue weighted by molar-refractivity contribution is 6.35. The lowest BCUT2D eigenvalue weighted by atomic mass is 9.63. The number of rotatable bonds is 3. The maximum absolute atomic E-state index is 13.3. The van der Waals surface area contributed by atoms with E-state index in [9.17, 15) is 14.4 Å². The summed E-state index contributed by atoms with van der Waals surface area (Å²) in [5.41, 5.74) is 0.622. The van der Waals surface area contributed by atoms with Crippen LogP contribution in [-0.2, 0) is 9.59 Å². The highest BCUT2D eigenvalue weighted by atomic mass is 35.5. The van der Waals surface area contributed by atoms with E-state index in [4.69, 9.17) is 27.9 Å². The van der Waals surface area contributed by atoms with E-state index in [2.05, 4.69) is 12.2 Å². The quantitative estimate of drug-likeness (QED) is 0.290.